The van der Waals surface area contributed by atoms with Gasteiger partial charge in [-0.1, -0.05) is 268 Å². The Balaban J connectivity index is 0.000000632. The summed E-state index contributed by atoms with van der Waals surface area (Å²) >= 11 is 0. The molecule has 0 aliphatic rings. The molecule has 0 aromatic heterocycles. The summed E-state index contributed by atoms with van der Waals surface area (Å²) in [6.07, 6.45) is 8.14. The molecule has 560 valence electrons. The molecule has 0 saturated heterocycles. The van der Waals surface area contributed by atoms with Gasteiger partial charge in [-0.25, -0.2) is 19.2 Å². The molecule has 5 rings (SSSR count). The molecule has 0 spiro atoms. The predicted molar refractivity (Wildman–Crippen MR) is 419 cm³/mol. The van der Waals surface area contributed by atoms with Gasteiger partial charge < -0.3 is 46.0 Å². The highest BCUT2D eigenvalue weighted by atomic mass is 16.4. The first-order valence-electron chi connectivity index (χ1n) is 35.4. The number of benzene rings is 5. The number of aryl methyl sites for hydroxylation is 1. The van der Waals surface area contributed by atoms with Gasteiger partial charge >= 0.3 is 23.9 Å². The van der Waals surface area contributed by atoms with Crippen molar-refractivity contribution in [3.05, 3.63) is 192 Å². The Hall–Kier alpha value is -8.06. The van der Waals surface area contributed by atoms with Gasteiger partial charge in [-0.2, -0.15) is 0 Å². The van der Waals surface area contributed by atoms with Gasteiger partial charge in [-0.3, -0.25) is 0 Å². The standard InChI is InChI=1S/4C18H26O3.C16H26O/c4*1-11(16(20)21)8-12-9-13(17(2,3)4)15(19)14(10-12)18(5,6)7;1-5-7-9-14-11-16(17)13(4)15(12(14)3)10-8-6-2/h4*9-10,19H,1,8H2,2-7H3,(H,20,21);11,17H,5-10H2,1-4H3. The number of unbranched alkanes of at least 4 members (excludes halogenated alkanes) is 2. The quantitative estimate of drug-likeness (QED) is 0.0371. The van der Waals surface area contributed by atoms with Crippen LogP contribution in [0.4, 0.5) is 0 Å². The Morgan fingerprint density at radius 1 is 0.307 bits per heavy atom. The number of carboxylic acids is 4. The maximum Gasteiger partial charge on any atom is 0.331 e. The van der Waals surface area contributed by atoms with Gasteiger partial charge in [0.25, 0.3) is 0 Å². The molecule has 0 bridgehead atoms. The van der Waals surface area contributed by atoms with E-state index in [0.29, 0.717) is 28.7 Å². The highest BCUT2D eigenvalue weighted by molar-refractivity contribution is 5.88. The second-order valence-electron chi connectivity index (χ2n) is 35.5. The maximum atomic E-state index is 11.0. The summed E-state index contributed by atoms with van der Waals surface area (Å²) in [5, 5.41) is 88.4. The molecule has 0 fully saturated rings. The van der Waals surface area contributed by atoms with E-state index in [9.17, 15) is 44.7 Å². The van der Waals surface area contributed by atoms with Crippen LogP contribution < -0.4 is 0 Å². The van der Waals surface area contributed by atoms with Crippen molar-refractivity contribution >= 4 is 23.9 Å². The lowest BCUT2D eigenvalue weighted by molar-refractivity contribution is -0.133. The average Bonchev–Trinajstić information content (AvgIpc) is 0.806. The average molecular weight is 1400 g/mol. The molecule has 5 aromatic carbocycles. The SMILES string of the molecule is C=C(Cc1cc(C(C)(C)C)c(O)c(C(C)(C)C)c1)C(=O)O.C=C(Cc1cc(C(C)(C)C)c(O)c(C(C)(C)C)c1)C(=O)O.C=C(Cc1cc(C(C)(C)C)c(O)c(C(C)(C)C)c1)C(=O)O.C=C(Cc1cc(C(C)(C)C)c(O)c(C(C)(C)C)c1)C(=O)O.CCCCc1cc(O)c(C)c(CCCC)c1C. The zero-order valence-electron chi connectivity index (χ0n) is 67.3. The van der Waals surface area contributed by atoms with E-state index in [1.807, 2.05) is 228 Å². The fourth-order valence-corrected chi connectivity index (χ4v) is 11.4. The van der Waals surface area contributed by atoms with Crippen molar-refractivity contribution in [1.29, 1.82) is 0 Å². The molecule has 13 heteroatoms. The maximum absolute atomic E-state index is 11.0. The largest absolute Gasteiger partial charge is 0.508 e. The van der Waals surface area contributed by atoms with Crippen LogP contribution in [0, 0.1) is 13.8 Å². The van der Waals surface area contributed by atoms with E-state index in [1.165, 1.54) is 42.4 Å². The first-order valence-corrected chi connectivity index (χ1v) is 35.4. The first-order chi connectivity index (χ1) is 45.5. The topological polar surface area (TPSA) is 250 Å². The van der Waals surface area contributed by atoms with Crippen molar-refractivity contribution in [2.24, 2.45) is 0 Å². The van der Waals surface area contributed by atoms with E-state index in [4.69, 9.17) is 20.4 Å². The molecule has 0 heterocycles. The lowest BCUT2D eigenvalue weighted by Crippen LogP contribution is -2.18. The van der Waals surface area contributed by atoms with Crippen LogP contribution >= 0.6 is 0 Å². The third-order valence-corrected chi connectivity index (χ3v) is 17.7. The Bertz CT molecular complexity index is 3230. The van der Waals surface area contributed by atoms with Crippen molar-refractivity contribution in [2.75, 3.05) is 0 Å². The van der Waals surface area contributed by atoms with Crippen LogP contribution in [0.1, 0.15) is 295 Å². The molecular formula is C88H130O13. The van der Waals surface area contributed by atoms with E-state index in [0.717, 1.165) is 85.2 Å². The van der Waals surface area contributed by atoms with Crippen LogP contribution in [0.25, 0.3) is 0 Å². The lowest BCUT2D eigenvalue weighted by atomic mass is 9.78. The minimum Gasteiger partial charge on any atom is -0.508 e. The van der Waals surface area contributed by atoms with Gasteiger partial charge in [-0.15, -0.1) is 0 Å². The predicted octanol–water partition coefficient (Wildman–Crippen LogP) is 21.4. The van der Waals surface area contributed by atoms with Gasteiger partial charge in [0.1, 0.15) is 28.7 Å². The van der Waals surface area contributed by atoms with Crippen LogP contribution in [0.3, 0.4) is 0 Å². The van der Waals surface area contributed by atoms with Crippen molar-refractivity contribution in [3.63, 3.8) is 0 Å². The zero-order chi connectivity index (χ0) is 79.2. The Labute approximate surface area is 608 Å². The van der Waals surface area contributed by atoms with Gasteiger partial charge in [-0.05, 0) is 178 Å². The highest BCUT2D eigenvalue weighted by Crippen LogP contribution is 2.45. The Kier molecular flexibility index (Phi) is 32.1. The fraction of sp³-hybridized carbons (Fsp3) is 0.523. The van der Waals surface area contributed by atoms with E-state index in [1.54, 1.807) is 0 Å². The number of aromatic hydroxyl groups is 5. The number of carbonyl (C=O) groups is 4. The van der Waals surface area contributed by atoms with Crippen LogP contribution in [0.5, 0.6) is 28.7 Å². The number of aliphatic carboxylic acids is 4. The number of carboxylic acid groups (broad SMARTS) is 4. The minimum atomic E-state index is -0.988. The molecule has 0 aliphatic carbocycles. The van der Waals surface area contributed by atoms with Crippen LogP contribution in [-0.2, 0) is 101 Å². The molecule has 101 heavy (non-hydrogen) atoms. The molecular weight excluding hydrogens is 1260 g/mol. The molecule has 0 radical (unpaired) electrons. The van der Waals surface area contributed by atoms with Gasteiger partial charge in [0.15, 0.2) is 0 Å². The van der Waals surface area contributed by atoms with Crippen molar-refractivity contribution < 1.29 is 65.1 Å². The summed E-state index contributed by atoms with van der Waals surface area (Å²) in [4.78, 5) is 43.9. The summed E-state index contributed by atoms with van der Waals surface area (Å²) in [6, 6.07) is 17.1. The molecule has 0 aliphatic heterocycles. The summed E-state index contributed by atoms with van der Waals surface area (Å²) in [5.41, 5.74) is 14.2. The Morgan fingerprint density at radius 2 is 0.485 bits per heavy atom. The normalized spacial score (nSPS) is 12.0. The Morgan fingerprint density at radius 3 is 0.644 bits per heavy atom. The van der Waals surface area contributed by atoms with E-state index < -0.39 is 23.9 Å². The monoisotopic (exact) mass is 1390 g/mol. The summed E-state index contributed by atoms with van der Waals surface area (Å²) in [6.45, 7) is 71.8. The smallest absolute Gasteiger partial charge is 0.331 e. The number of phenolic OH excluding ortho intramolecular Hbond substituents is 5. The summed E-state index contributed by atoms with van der Waals surface area (Å²) in [5.74, 6) is -2.25. The van der Waals surface area contributed by atoms with Gasteiger partial charge in [0, 0.05) is 48.0 Å². The van der Waals surface area contributed by atoms with E-state index >= 15 is 0 Å². The van der Waals surface area contributed by atoms with Crippen LogP contribution in [0.15, 0.2) is 103 Å². The van der Waals surface area contributed by atoms with Crippen molar-refractivity contribution in [3.8, 4) is 28.7 Å². The molecule has 0 atom stereocenters. The molecule has 0 saturated carbocycles. The number of hydrogen-bond donors (Lipinski definition) is 9. The van der Waals surface area contributed by atoms with Gasteiger partial charge in [0.2, 0.25) is 0 Å². The van der Waals surface area contributed by atoms with Crippen molar-refractivity contribution in [2.45, 2.75) is 301 Å². The molecule has 5 aromatic rings. The van der Waals surface area contributed by atoms with Crippen LogP contribution in [-0.4, -0.2) is 69.8 Å². The molecule has 0 unspecified atom stereocenters. The molecule has 9 N–H and O–H groups in total. The van der Waals surface area contributed by atoms with Gasteiger partial charge in [0.05, 0.1) is 0 Å². The summed E-state index contributed by atoms with van der Waals surface area (Å²) in [7, 11) is 0. The second-order valence-corrected chi connectivity index (χ2v) is 35.5. The lowest BCUT2D eigenvalue weighted by Gasteiger charge is -2.28. The highest BCUT2D eigenvalue weighted by Gasteiger charge is 2.32. The number of rotatable bonds is 18. The third kappa shape index (κ3) is 27.7. The van der Waals surface area contributed by atoms with E-state index in [-0.39, 0.29) is 91.3 Å². The van der Waals surface area contributed by atoms with Crippen molar-refractivity contribution in [1.82, 2.24) is 0 Å². The zero-order valence-corrected chi connectivity index (χ0v) is 67.3. The summed E-state index contributed by atoms with van der Waals surface area (Å²) < 4.78 is 0. The minimum absolute atomic E-state index is 0.153. The fourth-order valence-electron chi connectivity index (χ4n) is 11.4. The first kappa shape index (κ1) is 91.0. The molecule has 0 amide bonds. The van der Waals surface area contributed by atoms with Crippen LogP contribution in [0.2, 0.25) is 0 Å². The number of hydrogen-bond acceptors (Lipinski definition) is 9. The third-order valence-electron chi connectivity index (χ3n) is 17.7. The van der Waals surface area contributed by atoms with E-state index in [2.05, 4.69) is 47.1 Å². The number of phenols is 5. The second kappa shape index (κ2) is 35.7. The molecule has 13 nitrogen and oxygen atoms in total.